The van der Waals surface area contributed by atoms with E-state index in [9.17, 15) is 4.39 Å². The maximum atomic E-state index is 14.2. The van der Waals surface area contributed by atoms with Crippen LogP contribution in [0.5, 0.6) is 0 Å². The number of aryl methyl sites for hydroxylation is 2. The number of hydrogen-bond donors (Lipinski definition) is 0. The first kappa shape index (κ1) is 20.9. The highest BCUT2D eigenvalue weighted by molar-refractivity contribution is 5.78. The van der Waals surface area contributed by atoms with E-state index in [1.54, 1.807) is 12.1 Å². The zero-order valence-corrected chi connectivity index (χ0v) is 16.1. The molecule has 0 saturated heterocycles. The van der Waals surface area contributed by atoms with Crippen LogP contribution in [0.2, 0.25) is 0 Å². The minimum absolute atomic E-state index is 0.180. The van der Waals surface area contributed by atoms with Gasteiger partial charge in [-0.15, -0.1) is 6.58 Å². The van der Waals surface area contributed by atoms with Gasteiger partial charge < -0.3 is 0 Å². The van der Waals surface area contributed by atoms with E-state index in [4.69, 9.17) is 0 Å². The number of allylic oxidation sites excluding steroid dienone is 1. The van der Waals surface area contributed by atoms with E-state index in [0.29, 0.717) is 5.92 Å². The Balaban J connectivity index is 0.00000151. The van der Waals surface area contributed by atoms with E-state index < -0.39 is 0 Å². The summed E-state index contributed by atoms with van der Waals surface area (Å²) in [4.78, 5) is 0. The highest BCUT2D eigenvalue weighted by Crippen LogP contribution is 2.32. The molecule has 0 nitrogen and oxygen atoms in total. The van der Waals surface area contributed by atoms with Crippen LogP contribution in [0.4, 0.5) is 4.39 Å². The van der Waals surface area contributed by atoms with Gasteiger partial charge >= 0.3 is 0 Å². The summed E-state index contributed by atoms with van der Waals surface area (Å²) in [6.45, 7) is 16.0. The molecule has 0 saturated carbocycles. The fraction of sp³-hybridized carbons (Fsp3) is 0.333. The molecule has 0 bridgehead atoms. The van der Waals surface area contributed by atoms with Gasteiger partial charge in [-0.2, -0.15) is 0 Å². The molecule has 2 aromatic rings. The van der Waals surface area contributed by atoms with Crippen LogP contribution in [0.3, 0.4) is 0 Å². The van der Waals surface area contributed by atoms with Crippen LogP contribution in [-0.2, 0) is 6.42 Å². The van der Waals surface area contributed by atoms with Crippen molar-refractivity contribution >= 4 is 6.08 Å². The topological polar surface area (TPSA) is 0 Å². The second-order valence-corrected chi connectivity index (χ2v) is 6.21. The Kier molecular flexibility index (Phi) is 8.91. The molecule has 1 heteroatoms. The molecule has 0 radical (unpaired) electrons. The van der Waals surface area contributed by atoms with E-state index in [1.807, 2.05) is 44.2 Å². The minimum Gasteiger partial charge on any atom is -0.207 e. The zero-order valence-electron chi connectivity index (χ0n) is 16.1. The number of benzene rings is 2. The molecule has 2 aromatic carbocycles. The summed E-state index contributed by atoms with van der Waals surface area (Å²) in [5.74, 6) is 0.371. The molecule has 1 atom stereocenters. The van der Waals surface area contributed by atoms with Gasteiger partial charge in [0.25, 0.3) is 0 Å². The fourth-order valence-electron chi connectivity index (χ4n) is 3.02. The average Bonchev–Trinajstić information content (AvgIpc) is 2.62. The molecule has 0 aliphatic rings. The van der Waals surface area contributed by atoms with Crippen LogP contribution in [0.15, 0.2) is 55.6 Å². The first-order valence-electron chi connectivity index (χ1n) is 9.18. The summed E-state index contributed by atoms with van der Waals surface area (Å²) in [5, 5.41) is 0. The maximum absolute atomic E-state index is 14.2. The van der Waals surface area contributed by atoms with Gasteiger partial charge in [-0.1, -0.05) is 63.8 Å². The third kappa shape index (κ3) is 5.70. The van der Waals surface area contributed by atoms with Crippen molar-refractivity contribution < 1.29 is 4.39 Å². The molecule has 25 heavy (non-hydrogen) atoms. The molecule has 0 N–H and O–H groups in total. The third-order valence-electron chi connectivity index (χ3n) is 4.35. The molecule has 0 aliphatic heterocycles. The molecule has 0 unspecified atom stereocenters. The van der Waals surface area contributed by atoms with Crippen LogP contribution >= 0.6 is 0 Å². The summed E-state index contributed by atoms with van der Waals surface area (Å²) in [5.41, 5.74) is 5.24. The van der Waals surface area contributed by atoms with E-state index in [1.165, 1.54) is 0 Å². The largest absolute Gasteiger partial charge is 0.207 e. The van der Waals surface area contributed by atoms with Gasteiger partial charge in [0.1, 0.15) is 5.82 Å². The molecule has 0 spiro atoms. The summed E-state index contributed by atoms with van der Waals surface area (Å²) < 4.78 is 14.2. The Morgan fingerprint density at radius 3 is 2.36 bits per heavy atom. The van der Waals surface area contributed by atoms with Crippen molar-refractivity contribution in [3.8, 4) is 11.1 Å². The first-order chi connectivity index (χ1) is 12.1. The molecule has 134 valence electrons. The van der Waals surface area contributed by atoms with Crippen molar-refractivity contribution in [1.82, 2.24) is 0 Å². The van der Waals surface area contributed by atoms with Gasteiger partial charge in [0, 0.05) is 0 Å². The van der Waals surface area contributed by atoms with E-state index in [-0.39, 0.29) is 5.82 Å². The summed E-state index contributed by atoms with van der Waals surface area (Å²) in [6.07, 6.45) is 6.66. The highest BCUT2D eigenvalue weighted by Gasteiger charge is 2.13. The van der Waals surface area contributed by atoms with Gasteiger partial charge in [-0.25, -0.2) is 4.39 Å². The van der Waals surface area contributed by atoms with Crippen LogP contribution in [0.25, 0.3) is 17.2 Å². The molecular formula is C24H31F. The van der Waals surface area contributed by atoms with Crippen molar-refractivity contribution in [1.29, 1.82) is 0 Å². The van der Waals surface area contributed by atoms with Crippen molar-refractivity contribution in [2.45, 2.75) is 47.0 Å². The molecule has 0 aliphatic carbocycles. The quantitative estimate of drug-likeness (QED) is 0.456. The predicted octanol–water partition coefficient (Wildman–Crippen LogP) is 7.62. The van der Waals surface area contributed by atoms with Gasteiger partial charge in [-0.3, -0.25) is 0 Å². The Morgan fingerprint density at radius 2 is 1.76 bits per heavy atom. The lowest BCUT2D eigenvalue weighted by Gasteiger charge is -2.16. The Morgan fingerprint density at radius 1 is 1.08 bits per heavy atom. The SMILES string of the molecule is C=CC[C@@H](C)CCc1cc(F)cc(-c2ccccc2C)c1C=C.CC. The Bertz CT molecular complexity index is 697. The lowest BCUT2D eigenvalue weighted by Crippen LogP contribution is -2.00. The number of hydrogen-bond acceptors (Lipinski definition) is 0. The van der Waals surface area contributed by atoms with Crippen LogP contribution < -0.4 is 0 Å². The Labute approximate surface area is 153 Å². The normalized spacial score (nSPS) is 11.2. The Hall–Kier alpha value is -2.15. The highest BCUT2D eigenvalue weighted by atomic mass is 19.1. The second kappa shape index (κ2) is 10.7. The lowest BCUT2D eigenvalue weighted by atomic mass is 9.89. The monoisotopic (exact) mass is 338 g/mol. The molecule has 0 heterocycles. The standard InChI is InChI=1S/C22H25F.C2H6/c1-5-9-16(3)12-13-18-14-19(23)15-22(20(18)6-2)21-11-8-7-10-17(21)4;1-2/h5-8,10-11,14-16H,1-2,9,12-13H2,3-4H3;1-2H3/t16-;/m1./s1. The maximum Gasteiger partial charge on any atom is 0.124 e. The van der Waals surface area contributed by atoms with Crippen LogP contribution in [0, 0.1) is 18.7 Å². The van der Waals surface area contributed by atoms with Crippen molar-refractivity contribution in [3.63, 3.8) is 0 Å². The van der Waals surface area contributed by atoms with Gasteiger partial charge in [-0.05, 0) is 72.1 Å². The molecular weight excluding hydrogens is 307 g/mol. The van der Waals surface area contributed by atoms with Gasteiger partial charge in [0.15, 0.2) is 0 Å². The predicted molar refractivity (Wildman–Crippen MR) is 110 cm³/mol. The number of halogens is 1. The van der Waals surface area contributed by atoms with Crippen molar-refractivity contribution in [2.24, 2.45) is 5.92 Å². The first-order valence-corrected chi connectivity index (χ1v) is 9.18. The van der Waals surface area contributed by atoms with Crippen LogP contribution in [0.1, 0.15) is 50.3 Å². The lowest BCUT2D eigenvalue weighted by molar-refractivity contribution is 0.539. The van der Waals surface area contributed by atoms with E-state index in [2.05, 4.69) is 33.1 Å². The summed E-state index contributed by atoms with van der Waals surface area (Å²) in [6, 6.07) is 11.4. The second-order valence-electron chi connectivity index (χ2n) is 6.21. The van der Waals surface area contributed by atoms with Crippen molar-refractivity contribution in [3.05, 3.63) is 78.1 Å². The average molecular weight is 339 g/mol. The zero-order chi connectivity index (χ0) is 18.8. The molecule has 2 rings (SSSR count). The molecule has 0 aromatic heterocycles. The molecule has 0 amide bonds. The third-order valence-corrected chi connectivity index (χ3v) is 4.35. The van der Waals surface area contributed by atoms with E-state index in [0.717, 1.165) is 47.1 Å². The smallest absolute Gasteiger partial charge is 0.124 e. The van der Waals surface area contributed by atoms with Crippen molar-refractivity contribution in [2.75, 3.05) is 0 Å². The van der Waals surface area contributed by atoms with Gasteiger partial charge in [0.2, 0.25) is 0 Å². The molecule has 0 fully saturated rings. The fourth-order valence-corrected chi connectivity index (χ4v) is 3.02. The number of rotatable bonds is 7. The van der Waals surface area contributed by atoms with Gasteiger partial charge in [0.05, 0.1) is 0 Å². The van der Waals surface area contributed by atoms with E-state index >= 15 is 0 Å². The summed E-state index contributed by atoms with van der Waals surface area (Å²) in [7, 11) is 0. The van der Waals surface area contributed by atoms with Crippen LogP contribution in [-0.4, -0.2) is 0 Å². The minimum atomic E-state index is -0.180. The summed E-state index contributed by atoms with van der Waals surface area (Å²) >= 11 is 0.